The molecule has 3 aliphatic rings. The first-order valence-corrected chi connectivity index (χ1v) is 10.3. The van der Waals surface area contributed by atoms with Gasteiger partial charge in [0.1, 0.15) is 16.6 Å². The summed E-state index contributed by atoms with van der Waals surface area (Å²) in [5, 5.41) is 3.30. The molecule has 2 aromatic heterocycles. The summed E-state index contributed by atoms with van der Waals surface area (Å²) in [4.78, 5) is 18.7. The van der Waals surface area contributed by atoms with Crippen LogP contribution in [0.2, 0.25) is 0 Å². The molecule has 1 saturated heterocycles. The molecule has 3 fully saturated rings. The van der Waals surface area contributed by atoms with Crippen LogP contribution >= 0.6 is 11.3 Å². The molecule has 0 aromatic carbocycles. The van der Waals surface area contributed by atoms with Crippen molar-refractivity contribution in [1.82, 2.24) is 19.9 Å². The largest absolute Gasteiger partial charge is 0.356 e. The number of hydrogen-bond donors (Lipinski definition) is 0. The number of piperidine rings is 1. The summed E-state index contributed by atoms with van der Waals surface area (Å²) in [5.41, 5.74) is 0.537. The van der Waals surface area contributed by atoms with Crippen molar-refractivity contribution in [2.24, 2.45) is 5.41 Å². The van der Waals surface area contributed by atoms with E-state index in [4.69, 9.17) is 4.98 Å². The highest BCUT2D eigenvalue weighted by molar-refractivity contribution is 7.09. The molecule has 1 spiro atoms. The topological polar surface area (TPSA) is 45.2 Å². The van der Waals surface area contributed by atoms with E-state index in [9.17, 15) is 0 Å². The van der Waals surface area contributed by atoms with E-state index in [1.807, 2.05) is 12.4 Å². The molecule has 1 atom stereocenters. The third-order valence-electron chi connectivity index (χ3n) is 6.23. The molecule has 25 heavy (non-hydrogen) atoms. The lowest BCUT2D eigenvalue weighted by molar-refractivity contribution is 0.238. The van der Waals surface area contributed by atoms with Crippen LogP contribution in [0.25, 0.3) is 0 Å². The van der Waals surface area contributed by atoms with Gasteiger partial charge in [-0.1, -0.05) is 0 Å². The first-order valence-electron chi connectivity index (χ1n) is 9.40. The van der Waals surface area contributed by atoms with Crippen LogP contribution in [0.3, 0.4) is 0 Å². The average Bonchev–Trinajstić information content (AvgIpc) is 3.55. The second-order valence-corrected chi connectivity index (χ2v) is 8.94. The zero-order valence-corrected chi connectivity index (χ0v) is 15.6. The number of hydrogen-bond acceptors (Lipinski definition) is 6. The van der Waals surface area contributed by atoms with E-state index in [-0.39, 0.29) is 0 Å². The van der Waals surface area contributed by atoms with Crippen LogP contribution in [0, 0.1) is 5.41 Å². The van der Waals surface area contributed by atoms with Crippen molar-refractivity contribution >= 4 is 17.2 Å². The second-order valence-electron chi connectivity index (χ2n) is 7.96. The molecule has 5 rings (SSSR count). The Balaban J connectivity index is 1.20. The Morgan fingerprint density at radius 2 is 2.08 bits per heavy atom. The lowest BCUT2D eigenvalue weighted by atomic mass is 9.92. The van der Waals surface area contributed by atoms with Crippen molar-refractivity contribution in [2.45, 2.75) is 50.6 Å². The third kappa shape index (κ3) is 3.06. The van der Waals surface area contributed by atoms with Crippen LogP contribution in [-0.4, -0.2) is 46.0 Å². The second kappa shape index (κ2) is 6.02. The fourth-order valence-corrected chi connectivity index (χ4v) is 5.08. The van der Waals surface area contributed by atoms with Gasteiger partial charge >= 0.3 is 0 Å². The summed E-state index contributed by atoms with van der Waals surface area (Å²) in [6.07, 6.45) is 10.3. The Hall–Kier alpha value is -1.53. The first-order chi connectivity index (χ1) is 12.2. The van der Waals surface area contributed by atoms with Crippen molar-refractivity contribution in [3.05, 3.63) is 34.7 Å². The number of nitrogens with zero attached hydrogens (tertiary/aromatic N) is 5. The summed E-state index contributed by atoms with van der Waals surface area (Å²) >= 11 is 1.76. The Bertz CT molecular complexity index is 734. The first kappa shape index (κ1) is 15.7. The third-order valence-corrected chi connectivity index (χ3v) is 7.00. The smallest absolute Gasteiger partial charge is 0.133 e. The maximum atomic E-state index is 4.83. The van der Waals surface area contributed by atoms with Crippen LogP contribution in [0.1, 0.15) is 48.9 Å². The normalized spacial score (nSPS) is 24.9. The van der Waals surface area contributed by atoms with Crippen LogP contribution < -0.4 is 4.90 Å². The lowest BCUT2D eigenvalue weighted by Gasteiger charge is -2.34. The van der Waals surface area contributed by atoms with Crippen molar-refractivity contribution in [1.29, 1.82) is 0 Å². The minimum Gasteiger partial charge on any atom is -0.356 e. The fraction of sp³-hybridized carbons (Fsp3) is 0.632. The van der Waals surface area contributed by atoms with E-state index in [1.165, 1.54) is 37.1 Å². The van der Waals surface area contributed by atoms with Gasteiger partial charge in [-0.2, -0.15) is 0 Å². The minimum atomic E-state index is 0.537. The Kier molecular flexibility index (Phi) is 3.78. The SMILES string of the molecule is CN(Cc1nccs1)[C@H]1CC12CCN(c1ccnc(C3CC3)n1)CC2. The Morgan fingerprint density at radius 1 is 1.24 bits per heavy atom. The van der Waals surface area contributed by atoms with Gasteiger partial charge < -0.3 is 4.90 Å². The molecule has 0 bridgehead atoms. The maximum absolute atomic E-state index is 4.83. The fourth-order valence-electron chi connectivity index (χ4n) is 4.40. The van der Waals surface area contributed by atoms with E-state index in [0.29, 0.717) is 11.3 Å². The molecule has 5 nitrogen and oxygen atoms in total. The monoisotopic (exact) mass is 355 g/mol. The van der Waals surface area contributed by atoms with Crippen LogP contribution in [0.5, 0.6) is 0 Å². The van der Waals surface area contributed by atoms with Gasteiger partial charge in [-0.25, -0.2) is 15.0 Å². The molecular formula is C19H25N5S. The maximum Gasteiger partial charge on any atom is 0.133 e. The molecule has 2 aromatic rings. The van der Waals surface area contributed by atoms with Crippen molar-refractivity contribution in [2.75, 3.05) is 25.0 Å². The van der Waals surface area contributed by atoms with Crippen molar-refractivity contribution < 1.29 is 0 Å². The highest BCUT2D eigenvalue weighted by Gasteiger charge is 2.56. The standard InChI is InChI=1S/C19H25N5S/c1-23(13-17-20-8-11-25-17)15-12-19(15)5-9-24(10-6-19)16-4-7-21-18(22-16)14-2-3-14/h4,7-8,11,14-15H,2-3,5-6,9-10,12-13H2,1H3/t15-/m0/s1. The summed E-state index contributed by atoms with van der Waals surface area (Å²) in [7, 11) is 2.26. The molecule has 3 heterocycles. The van der Waals surface area contributed by atoms with Gasteiger partial charge in [-0.15, -0.1) is 11.3 Å². The number of rotatable bonds is 5. The zero-order valence-electron chi connectivity index (χ0n) is 14.8. The van der Waals surface area contributed by atoms with E-state index in [1.54, 1.807) is 11.3 Å². The molecule has 0 amide bonds. The van der Waals surface area contributed by atoms with Gasteiger partial charge in [-0.3, -0.25) is 4.90 Å². The van der Waals surface area contributed by atoms with Gasteiger partial charge in [0.05, 0.1) is 6.54 Å². The molecule has 2 saturated carbocycles. The molecule has 6 heteroatoms. The van der Waals surface area contributed by atoms with E-state index in [2.05, 4.69) is 38.3 Å². The lowest BCUT2D eigenvalue weighted by Crippen LogP contribution is -2.38. The van der Waals surface area contributed by atoms with Crippen LogP contribution in [0.15, 0.2) is 23.8 Å². The van der Waals surface area contributed by atoms with Gasteiger partial charge in [0.2, 0.25) is 0 Å². The predicted molar refractivity (Wildman–Crippen MR) is 99.9 cm³/mol. The molecule has 2 aliphatic carbocycles. The average molecular weight is 356 g/mol. The van der Waals surface area contributed by atoms with Gasteiger partial charge in [-0.05, 0) is 50.6 Å². The van der Waals surface area contributed by atoms with E-state index < -0.39 is 0 Å². The zero-order chi connectivity index (χ0) is 16.9. The molecule has 132 valence electrons. The van der Waals surface area contributed by atoms with E-state index in [0.717, 1.165) is 37.3 Å². The van der Waals surface area contributed by atoms with Gasteiger partial charge in [0.15, 0.2) is 0 Å². The van der Waals surface area contributed by atoms with Gasteiger partial charge in [0.25, 0.3) is 0 Å². The predicted octanol–water partition coefficient (Wildman–Crippen LogP) is 3.30. The Labute approximate surface area is 153 Å². The van der Waals surface area contributed by atoms with Crippen LogP contribution in [-0.2, 0) is 6.54 Å². The number of anilines is 1. The molecule has 0 unspecified atom stereocenters. The molecule has 0 radical (unpaired) electrons. The summed E-state index contributed by atoms with van der Waals surface area (Å²) in [6, 6.07) is 2.81. The molecule has 1 aliphatic heterocycles. The minimum absolute atomic E-state index is 0.537. The summed E-state index contributed by atoms with van der Waals surface area (Å²) in [5.74, 6) is 2.83. The molecular weight excluding hydrogens is 330 g/mol. The molecule has 0 N–H and O–H groups in total. The summed E-state index contributed by atoms with van der Waals surface area (Å²) in [6.45, 7) is 3.25. The van der Waals surface area contributed by atoms with Crippen LogP contribution in [0.4, 0.5) is 5.82 Å². The van der Waals surface area contributed by atoms with Crippen molar-refractivity contribution in [3.63, 3.8) is 0 Å². The number of aromatic nitrogens is 3. The highest BCUT2D eigenvalue weighted by atomic mass is 32.1. The number of thiazole rings is 1. The Morgan fingerprint density at radius 3 is 2.80 bits per heavy atom. The summed E-state index contributed by atoms with van der Waals surface area (Å²) < 4.78 is 0. The van der Waals surface area contributed by atoms with Crippen molar-refractivity contribution in [3.8, 4) is 0 Å². The highest BCUT2D eigenvalue weighted by Crippen LogP contribution is 2.56. The quantitative estimate of drug-likeness (QED) is 0.823. The van der Waals surface area contributed by atoms with E-state index >= 15 is 0 Å². The van der Waals surface area contributed by atoms with Gasteiger partial charge in [0, 0.05) is 42.8 Å².